The van der Waals surface area contributed by atoms with Gasteiger partial charge in [-0.05, 0) is 61.3 Å². The molecule has 156 valence electrons. The van der Waals surface area contributed by atoms with Gasteiger partial charge < -0.3 is 10.6 Å². The summed E-state index contributed by atoms with van der Waals surface area (Å²) >= 11 is 9.12. The normalized spacial score (nSPS) is 23.5. The number of amides is 2. The molecule has 3 unspecified atom stereocenters. The van der Waals surface area contributed by atoms with Gasteiger partial charge in [0.15, 0.2) is 5.11 Å². The highest BCUT2D eigenvalue weighted by atomic mass is 79.9. The van der Waals surface area contributed by atoms with Crippen molar-refractivity contribution < 1.29 is 9.59 Å². The average molecular weight is 487 g/mol. The molecule has 0 spiro atoms. The lowest BCUT2D eigenvalue weighted by Crippen LogP contribution is -2.61. The first-order chi connectivity index (χ1) is 14.5. The van der Waals surface area contributed by atoms with Crippen molar-refractivity contribution in [1.29, 1.82) is 0 Å². The zero-order valence-corrected chi connectivity index (χ0v) is 18.8. The van der Waals surface area contributed by atoms with E-state index >= 15 is 0 Å². The van der Waals surface area contributed by atoms with E-state index in [2.05, 4.69) is 31.5 Å². The molecule has 1 saturated heterocycles. The third-order valence-corrected chi connectivity index (χ3v) is 6.81. The Morgan fingerprint density at radius 2 is 2.03 bits per heavy atom. The van der Waals surface area contributed by atoms with Crippen LogP contribution in [-0.4, -0.2) is 37.7 Å². The molecule has 3 atom stereocenters. The number of aromatic nitrogens is 1. The average Bonchev–Trinajstić information content (AvgIpc) is 2.77. The highest BCUT2D eigenvalue weighted by molar-refractivity contribution is 9.09. The quantitative estimate of drug-likeness (QED) is 0.501. The predicted octanol–water partition coefficient (Wildman–Crippen LogP) is 3.16. The molecule has 30 heavy (non-hydrogen) atoms. The zero-order chi connectivity index (χ0) is 21.1. The second-order valence-corrected chi connectivity index (χ2v) is 9.38. The first kappa shape index (κ1) is 20.9. The van der Waals surface area contributed by atoms with Gasteiger partial charge >= 0.3 is 0 Å². The van der Waals surface area contributed by atoms with E-state index in [9.17, 15) is 9.59 Å². The third kappa shape index (κ3) is 4.70. The van der Waals surface area contributed by atoms with Gasteiger partial charge in [0.25, 0.3) is 5.91 Å². The smallest absolute Gasteiger partial charge is 0.251 e. The topological polar surface area (TPSA) is 74.3 Å². The fourth-order valence-electron chi connectivity index (χ4n) is 3.97. The lowest BCUT2D eigenvalue weighted by Gasteiger charge is -2.43. The molecule has 2 aliphatic rings. The van der Waals surface area contributed by atoms with Crippen molar-refractivity contribution in [2.75, 3.05) is 0 Å². The second kappa shape index (κ2) is 9.22. The van der Waals surface area contributed by atoms with Crippen LogP contribution in [0.25, 0.3) is 0 Å². The van der Waals surface area contributed by atoms with Crippen LogP contribution in [0.3, 0.4) is 0 Å². The van der Waals surface area contributed by atoms with Crippen LogP contribution in [0.2, 0.25) is 0 Å². The van der Waals surface area contributed by atoms with Crippen LogP contribution < -0.4 is 10.6 Å². The van der Waals surface area contributed by atoms with Crippen molar-refractivity contribution in [3.63, 3.8) is 0 Å². The number of pyridine rings is 1. The van der Waals surface area contributed by atoms with Crippen molar-refractivity contribution in [2.24, 2.45) is 5.92 Å². The Bertz CT molecular complexity index is 938. The van der Waals surface area contributed by atoms with Crippen LogP contribution in [0.4, 0.5) is 0 Å². The minimum Gasteiger partial charge on any atom is -0.359 e. The van der Waals surface area contributed by atoms with Crippen molar-refractivity contribution in [2.45, 2.75) is 43.2 Å². The number of carbonyl (C=O) groups excluding carboxylic acids is 2. The van der Waals surface area contributed by atoms with Gasteiger partial charge in [0.05, 0.1) is 24.7 Å². The summed E-state index contributed by atoms with van der Waals surface area (Å²) in [5, 5.41) is 6.70. The summed E-state index contributed by atoms with van der Waals surface area (Å²) in [6, 6.07) is 13.0. The van der Waals surface area contributed by atoms with E-state index in [1.807, 2.05) is 30.3 Å². The van der Waals surface area contributed by atoms with Crippen molar-refractivity contribution in [3.05, 3.63) is 65.5 Å². The highest BCUT2D eigenvalue weighted by Crippen LogP contribution is 2.33. The first-order valence-corrected chi connectivity index (χ1v) is 11.4. The lowest BCUT2D eigenvalue weighted by atomic mass is 9.82. The minimum atomic E-state index is -0.160. The van der Waals surface area contributed by atoms with Gasteiger partial charge in [-0.15, -0.1) is 0 Å². The summed E-state index contributed by atoms with van der Waals surface area (Å²) in [6.07, 6.45) is 4.52. The Morgan fingerprint density at radius 3 is 2.77 bits per heavy atom. The van der Waals surface area contributed by atoms with Crippen LogP contribution in [0.15, 0.2) is 48.7 Å². The molecule has 2 heterocycles. The van der Waals surface area contributed by atoms with E-state index in [4.69, 9.17) is 12.2 Å². The Morgan fingerprint density at radius 1 is 1.23 bits per heavy atom. The van der Waals surface area contributed by atoms with Gasteiger partial charge in [-0.2, -0.15) is 0 Å². The summed E-state index contributed by atoms with van der Waals surface area (Å²) in [7, 11) is 0. The molecule has 1 aliphatic carbocycles. The summed E-state index contributed by atoms with van der Waals surface area (Å²) in [4.78, 5) is 31.6. The zero-order valence-electron chi connectivity index (χ0n) is 16.4. The molecule has 4 rings (SSSR count). The molecular formula is C22H23BrN4O2S. The van der Waals surface area contributed by atoms with Crippen LogP contribution in [0.1, 0.15) is 40.9 Å². The number of fused-ring (bicyclic) bond motifs is 1. The van der Waals surface area contributed by atoms with E-state index in [0.717, 1.165) is 30.5 Å². The molecule has 0 bridgehead atoms. The summed E-state index contributed by atoms with van der Waals surface area (Å²) in [5.74, 6) is -0.122. The molecular weight excluding hydrogens is 464 g/mol. The Labute approximate surface area is 189 Å². The molecule has 8 heteroatoms. The van der Waals surface area contributed by atoms with Crippen LogP contribution >= 0.6 is 28.1 Å². The fraction of sp³-hybridized carbons (Fsp3) is 0.364. The third-order valence-electron chi connectivity index (χ3n) is 5.64. The Kier molecular flexibility index (Phi) is 6.43. The number of carbonyl (C=O) groups is 2. The summed E-state index contributed by atoms with van der Waals surface area (Å²) in [5.41, 5.74) is 2.30. The van der Waals surface area contributed by atoms with Gasteiger partial charge in [-0.1, -0.05) is 34.1 Å². The predicted molar refractivity (Wildman–Crippen MR) is 122 cm³/mol. The number of hydrogen-bond donors (Lipinski definition) is 2. The molecule has 2 aromatic rings. The van der Waals surface area contributed by atoms with E-state index < -0.39 is 0 Å². The van der Waals surface area contributed by atoms with Crippen molar-refractivity contribution in [1.82, 2.24) is 20.5 Å². The van der Waals surface area contributed by atoms with E-state index in [0.29, 0.717) is 28.6 Å². The molecule has 6 nitrogen and oxygen atoms in total. The Hall–Kier alpha value is -2.32. The first-order valence-electron chi connectivity index (χ1n) is 10.0. The molecule has 1 saturated carbocycles. The summed E-state index contributed by atoms with van der Waals surface area (Å²) in [6.45, 7) is 0.775. The number of halogens is 1. The van der Waals surface area contributed by atoms with Gasteiger partial charge in [0.2, 0.25) is 5.91 Å². The number of thiocarbonyl (C=S) groups is 1. The lowest BCUT2D eigenvalue weighted by molar-refractivity contribution is -0.135. The van der Waals surface area contributed by atoms with Gasteiger partial charge in [0, 0.05) is 22.6 Å². The molecule has 0 radical (unpaired) electrons. The monoisotopic (exact) mass is 486 g/mol. The molecule has 1 aromatic carbocycles. The number of nitrogens with one attached hydrogen (secondary N) is 2. The maximum Gasteiger partial charge on any atom is 0.251 e. The van der Waals surface area contributed by atoms with E-state index in [1.165, 1.54) is 0 Å². The van der Waals surface area contributed by atoms with Crippen LogP contribution in [-0.2, 0) is 17.9 Å². The van der Waals surface area contributed by atoms with E-state index in [1.54, 1.807) is 23.2 Å². The van der Waals surface area contributed by atoms with E-state index in [-0.39, 0.29) is 23.8 Å². The maximum atomic E-state index is 13.0. The fourth-order valence-corrected chi connectivity index (χ4v) is 4.94. The highest BCUT2D eigenvalue weighted by Gasteiger charge is 2.42. The number of alkyl halides is 1. The van der Waals surface area contributed by atoms with Gasteiger partial charge in [-0.3, -0.25) is 19.5 Å². The maximum absolute atomic E-state index is 13.0. The number of rotatable bonds is 5. The van der Waals surface area contributed by atoms with Gasteiger partial charge in [0.1, 0.15) is 0 Å². The van der Waals surface area contributed by atoms with Crippen LogP contribution in [0.5, 0.6) is 0 Å². The number of nitrogens with zero attached hydrogens (tertiary/aromatic N) is 2. The van der Waals surface area contributed by atoms with Gasteiger partial charge in [-0.25, -0.2) is 0 Å². The number of hydrogen-bond acceptors (Lipinski definition) is 4. The SMILES string of the molecule is O=C(NCc1ccccn1)c1ccc(CN2C(=O)C3CC(Br)CCC3NC2=S)cc1. The molecule has 1 aliphatic heterocycles. The van der Waals surface area contributed by atoms with Crippen molar-refractivity contribution in [3.8, 4) is 0 Å². The van der Waals surface area contributed by atoms with Crippen LogP contribution in [0, 0.1) is 5.92 Å². The largest absolute Gasteiger partial charge is 0.359 e. The minimum absolute atomic E-state index is 0.0496. The Balaban J connectivity index is 1.37. The standard InChI is InChI=1S/C22H23BrN4O2S/c23-16-8-9-19-18(11-16)21(29)27(22(30)26-19)13-14-4-6-15(7-5-14)20(28)25-12-17-3-1-2-10-24-17/h1-7,10,16,18-19H,8-9,11-13H2,(H,25,28)(H,26,30). The number of benzene rings is 1. The summed E-state index contributed by atoms with van der Waals surface area (Å²) < 4.78 is 0. The molecule has 2 amide bonds. The second-order valence-electron chi connectivity index (χ2n) is 7.70. The van der Waals surface area contributed by atoms with Crippen molar-refractivity contribution >= 4 is 45.1 Å². The molecule has 2 N–H and O–H groups in total. The molecule has 2 fully saturated rings. The molecule has 1 aromatic heterocycles.